The van der Waals surface area contributed by atoms with E-state index in [9.17, 15) is 8.78 Å². The topological polar surface area (TPSA) is 43.2 Å². The summed E-state index contributed by atoms with van der Waals surface area (Å²) >= 11 is -6.09. The molecule has 0 aromatic heterocycles. The van der Waals surface area contributed by atoms with Gasteiger partial charge in [-0.3, -0.25) is 0 Å². The molecule has 5 aromatic rings. The van der Waals surface area contributed by atoms with Crippen LogP contribution < -0.4 is 6.15 Å². The summed E-state index contributed by atoms with van der Waals surface area (Å²) in [6, 6.07) is 11.2. The predicted molar refractivity (Wildman–Crippen MR) is 236 cm³/mol. The molecule has 0 fully saturated rings. The van der Waals surface area contributed by atoms with E-state index in [4.69, 9.17) is 24.0 Å². The van der Waals surface area contributed by atoms with Crippen molar-refractivity contribution in [3.63, 3.8) is 0 Å². The minimum atomic E-state index is -6.09. The van der Waals surface area contributed by atoms with Crippen molar-refractivity contribution >= 4 is 57.6 Å². The average molecular weight is 1060 g/mol. The molecule has 1 heterocycles. The van der Waals surface area contributed by atoms with Crippen LogP contribution in [-0.4, -0.2) is 28.4 Å². The molecule has 1 aliphatic heterocycles. The van der Waals surface area contributed by atoms with Gasteiger partial charge in [0.2, 0.25) is 0 Å². The number of aliphatic imine (C=N–C) groups is 2. The number of hydrogen-bond acceptors (Lipinski definition) is 4. The van der Waals surface area contributed by atoms with Gasteiger partial charge in [-0.15, -0.1) is 0 Å². The number of rotatable bonds is 2. The maximum absolute atomic E-state index is 16.3. The van der Waals surface area contributed by atoms with Gasteiger partial charge < -0.3 is 0 Å². The first-order valence-electron chi connectivity index (χ1n) is 20.1. The third kappa shape index (κ3) is 9.50. The first-order valence-corrected chi connectivity index (χ1v) is 29.7. The Labute approximate surface area is 383 Å². The molecule has 0 saturated carbocycles. The van der Waals surface area contributed by atoms with Gasteiger partial charge in [0.15, 0.2) is 0 Å². The van der Waals surface area contributed by atoms with Gasteiger partial charge in [-0.2, -0.15) is 0 Å². The fourth-order valence-electron chi connectivity index (χ4n) is 7.09. The van der Waals surface area contributed by atoms with Crippen LogP contribution in [0.4, 0.5) is 55.3 Å². The molecule has 0 atom stereocenters. The monoisotopic (exact) mass is 1060 g/mol. The van der Waals surface area contributed by atoms with Crippen molar-refractivity contribution in [1.29, 1.82) is 0 Å². The summed E-state index contributed by atoms with van der Waals surface area (Å²) in [6.45, 7) is 21.3. The Balaban J connectivity index is 1.98. The van der Waals surface area contributed by atoms with Gasteiger partial charge in [0, 0.05) is 0 Å². The van der Waals surface area contributed by atoms with E-state index in [1.807, 2.05) is 0 Å². The molecule has 0 bridgehead atoms. The second-order valence-corrected chi connectivity index (χ2v) is 31.6. The van der Waals surface area contributed by atoms with Crippen LogP contribution in [-0.2, 0) is 21.7 Å². The van der Waals surface area contributed by atoms with Crippen molar-refractivity contribution in [1.82, 2.24) is 0 Å². The maximum atomic E-state index is 16.3. The molecule has 346 valence electrons. The zero-order valence-corrected chi connectivity index (χ0v) is 41.7. The number of benzene rings is 5. The fourth-order valence-corrected chi connectivity index (χ4v) is 11.9. The Morgan fingerprint density at radius 2 is 0.692 bits per heavy atom. The number of para-hydroxylation sites is 2. The van der Waals surface area contributed by atoms with E-state index < -0.39 is 131 Å². The Hall–Kier alpha value is -4.28. The Kier molecular flexibility index (Phi) is 13.2. The third-order valence-corrected chi connectivity index (χ3v) is 15.3. The first-order chi connectivity index (χ1) is 29.7. The van der Waals surface area contributed by atoms with E-state index in [0.29, 0.717) is 11.1 Å². The van der Waals surface area contributed by atoms with E-state index in [1.165, 1.54) is 36.4 Å². The summed E-state index contributed by atoms with van der Waals surface area (Å²) in [5, 5.41) is 0. The normalized spacial score (nSPS) is 14.7. The zero-order chi connectivity index (χ0) is 48.8. The molecule has 0 amide bonds. The molecule has 0 unspecified atom stereocenters. The average Bonchev–Trinajstić information content (AvgIpc) is 3.19. The van der Waals surface area contributed by atoms with Crippen LogP contribution in [0.2, 0.25) is 0 Å². The van der Waals surface area contributed by atoms with Gasteiger partial charge in [0.05, 0.1) is 0 Å². The van der Waals surface area contributed by atoms with Gasteiger partial charge in [0.1, 0.15) is 0 Å². The van der Waals surface area contributed by atoms with Crippen LogP contribution in [0.25, 0.3) is 0 Å². The summed E-state index contributed by atoms with van der Waals surface area (Å²) in [5.41, 5.74) is -8.52. The number of hydrogen-bond donors (Lipinski definition) is 0. The third-order valence-electron chi connectivity index (χ3n) is 10.7. The van der Waals surface area contributed by atoms with Crippen molar-refractivity contribution in [2.45, 2.75) is 105 Å². The van der Waals surface area contributed by atoms with Crippen molar-refractivity contribution < 1.29 is 50.1 Å². The summed E-state index contributed by atoms with van der Waals surface area (Å²) < 4.78 is 169. The quantitative estimate of drug-likeness (QED) is 0.0765. The van der Waals surface area contributed by atoms with Gasteiger partial charge in [-0.25, -0.2) is 0 Å². The molecule has 0 spiro atoms. The molecule has 1 aliphatic rings. The van der Waals surface area contributed by atoms with Crippen LogP contribution in [0.1, 0.15) is 128 Å². The van der Waals surface area contributed by atoms with Crippen LogP contribution in [0.15, 0.2) is 58.5 Å². The Morgan fingerprint density at radius 1 is 0.415 bits per heavy atom. The number of nitrogens with zero attached hydrogens (tertiary/aromatic N) is 2. The Bertz CT molecular complexity index is 2610. The predicted octanol–water partition coefficient (Wildman–Crippen LogP) is 15.3. The van der Waals surface area contributed by atoms with Gasteiger partial charge >= 0.3 is 385 Å². The standard InChI is InChI=1S/C48H46F10N2O2.2ClH.Sn/c1-45(2,3)21-17-23(43(61)25(19-21)47(7,8)9)41(29-31(49)35(53)39(57)36(54)32(29)50)59-27-15-13-14-16-28(27)60-42(30-33(51)37(55)40(58)38(56)34(30)52)24-18-22(46(4,5)6)20-26(44(24)62)48(10,11)12;;;/h13-20,61-62H,1-12H3;2*1H;/q;;;+4/p-4. The number of fused-ring (bicyclic) bond motifs is 3. The van der Waals surface area contributed by atoms with Crippen molar-refractivity contribution in [2.75, 3.05) is 0 Å². The molecular formula is C48H44Cl2F10N2O2Sn. The van der Waals surface area contributed by atoms with Crippen molar-refractivity contribution in [3.8, 4) is 11.5 Å². The van der Waals surface area contributed by atoms with E-state index in [2.05, 4.69) is 9.98 Å². The molecule has 0 N–H and O–H groups in total. The van der Waals surface area contributed by atoms with E-state index in [0.717, 1.165) is 0 Å². The van der Waals surface area contributed by atoms with E-state index >= 15 is 35.1 Å². The summed E-state index contributed by atoms with van der Waals surface area (Å²) in [4.78, 5) is 9.06. The minimum absolute atomic E-state index is 0.267. The Morgan fingerprint density at radius 3 is 0.954 bits per heavy atom. The number of halogens is 12. The van der Waals surface area contributed by atoms with Crippen LogP contribution >= 0.6 is 17.8 Å². The van der Waals surface area contributed by atoms with E-state index in [1.54, 1.807) is 95.2 Å². The first kappa shape index (κ1) is 50.1. The van der Waals surface area contributed by atoms with Crippen LogP contribution in [0, 0.1) is 58.2 Å². The molecule has 0 aliphatic carbocycles. The van der Waals surface area contributed by atoms with Crippen molar-refractivity contribution in [2.24, 2.45) is 9.98 Å². The fraction of sp³-hybridized carbons (Fsp3) is 0.333. The van der Waals surface area contributed by atoms with Crippen LogP contribution in [0.5, 0.6) is 11.5 Å². The van der Waals surface area contributed by atoms with Gasteiger partial charge in [-0.05, 0) is 0 Å². The van der Waals surface area contributed by atoms with Crippen molar-refractivity contribution in [3.05, 3.63) is 151 Å². The second kappa shape index (κ2) is 17.1. The SMILES string of the molecule is CC(C)(C)c1cc2c(c(C(C)(C)C)c1)[O][Sn]([Cl])([Cl])[O]c1c(cc(C(C)(C)C)cc1C(C)(C)C)C(c1c(F)c(F)c(F)c(F)c1F)=Nc1ccccc1N=C2c1c(F)c(F)c(F)c(F)c1F. The second-order valence-electron chi connectivity index (χ2n) is 19.8. The van der Waals surface area contributed by atoms with E-state index in [-0.39, 0.29) is 33.8 Å². The molecule has 0 radical (unpaired) electrons. The molecule has 4 nitrogen and oxygen atoms in total. The molecule has 65 heavy (non-hydrogen) atoms. The summed E-state index contributed by atoms with van der Waals surface area (Å²) in [5.74, 6) is -24.0. The molecule has 6 rings (SSSR count). The molecule has 0 saturated heterocycles. The molecule has 17 heteroatoms. The van der Waals surface area contributed by atoms with Gasteiger partial charge in [0.25, 0.3) is 0 Å². The zero-order valence-electron chi connectivity index (χ0n) is 37.4. The van der Waals surface area contributed by atoms with Gasteiger partial charge in [-0.1, -0.05) is 0 Å². The van der Waals surface area contributed by atoms with Crippen LogP contribution in [0.3, 0.4) is 0 Å². The molecular weight excluding hydrogens is 1020 g/mol. The summed E-state index contributed by atoms with van der Waals surface area (Å²) in [6.07, 6.45) is 0. The summed E-state index contributed by atoms with van der Waals surface area (Å²) in [7, 11) is 14.5. The molecule has 5 aromatic carbocycles.